The molecule has 0 saturated carbocycles. The second kappa shape index (κ2) is 6.52. The van der Waals surface area contributed by atoms with Gasteiger partial charge in [0.25, 0.3) is 5.56 Å². The molecule has 2 rings (SSSR count). The molecule has 1 aromatic carbocycles. The van der Waals surface area contributed by atoms with E-state index in [4.69, 9.17) is 11.6 Å². The van der Waals surface area contributed by atoms with Gasteiger partial charge in [-0.1, -0.05) is 23.7 Å². The van der Waals surface area contributed by atoms with E-state index in [-0.39, 0.29) is 16.4 Å². The van der Waals surface area contributed by atoms with Crippen molar-refractivity contribution in [3.05, 3.63) is 57.2 Å². The monoisotopic (exact) mass is 295 g/mol. The van der Waals surface area contributed by atoms with Crippen LogP contribution >= 0.6 is 11.6 Å². The molecule has 0 atom stereocenters. The van der Waals surface area contributed by atoms with Crippen molar-refractivity contribution in [2.24, 2.45) is 0 Å². The maximum Gasteiger partial charge on any atom is 0.287 e. The minimum Gasteiger partial charge on any atom is -0.382 e. The molecule has 0 aliphatic heterocycles. The van der Waals surface area contributed by atoms with Gasteiger partial charge in [0.1, 0.15) is 10.8 Å². The molecule has 0 amide bonds. The van der Waals surface area contributed by atoms with Crippen molar-refractivity contribution in [1.82, 2.24) is 9.78 Å². The third kappa shape index (κ3) is 3.36. The number of hydrogen-bond acceptors (Lipinski definition) is 3. The van der Waals surface area contributed by atoms with Gasteiger partial charge in [-0.25, -0.2) is 9.07 Å². The summed E-state index contributed by atoms with van der Waals surface area (Å²) in [7, 11) is 0. The third-order valence-corrected chi connectivity index (χ3v) is 3.29. The Morgan fingerprint density at radius 2 is 2.05 bits per heavy atom. The van der Waals surface area contributed by atoms with E-state index in [1.54, 1.807) is 12.1 Å². The van der Waals surface area contributed by atoms with Gasteiger partial charge >= 0.3 is 0 Å². The number of anilines is 1. The fourth-order valence-corrected chi connectivity index (χ4v) is 2.02. The number of benzene rings is 1. The highest BCUT2D eigenvalue weighted by molar-refractivity contribution is 6.32. The Hall–Kier alpha value is -1.88. The summed E-state index contributed by atoms with van der Waals surface area (Å²) in [6.45, 7) is 2.89. The third-order valence-electron chi connectivity index (χ3n) is 2.93. The molecular formula is C14H15ClFN3O. The Morgan fingerprint density at radius 3 is 2.70 bits per heavy atom. The van der Waals surface area contributed by atoms with E-state index in [2.05, 4.69) is 10.4 Å². The predicted molar refractivity (Wildman–Crippen MR) is 77.8 cm³/mol. The van der Waals surface area contributed by atoms with Crippen molar-refractivity contribution in [2.45, 2.75) is 19.9 Å². The van der Waals surface area contributed by atoms with Gasteiger partial charge in [0, 0.05) is 13.1 Å². The number of nitrogens with one attached hydrogen (secondary N) is 1. The molecule has 1 heterocycles. The minimum atomic E-state index is -0.305. The SMILES string of the molecule is CCn1ncc(NCCc2ccc(F)cc2)c(Cl)c1=O. The molecule has 0 fully saturated rings. The standard InChI is InChI=1S/C14H15ClFN3O/c1-2-19-14(20)13(15)12(9-18-19)17-8-7-10-3-5-11(16)6-4-10/h3-6,9,17H,2,7-8H2,1H3. The minimum absolute atomic E-state index is 0.140. The Morgan fingerprint density at radius 1 is 1.35 bits per heavy atom. The molecule has 4 nitrogen and oxygen atoms in total. The number of nitrogens with zero attached hydrogens (tertiary/aromatic N) is 2. The first-order valence-electron chi connectivity index (χ1n) is 6.35. The average Bonchev–Trinajstić information content (AvgIpc) is 2.46. The lowest BCUT2D eigenvalue weighted by molar-refractivity contribution is 0.616. The van der Waals surface area contributed by atoms with Crippen LogP contribution < -0.4 is 10.9 Å². The van der Waals surface area contributed by atoms with Crippen LogP contribution in [0.5, 0.6) is 0 Å². The fourth-order valence-electron chi connectivity index (χ4n) is 1.81. The number of aromatic nitrogens is 2. The van der Waals surface area contributed by atoms with Crippen molar-refractivity contribution < 1.29 is 4.39 Å². The molecule has 0 aliphatic carbocycles. The molecule has 6 heteroatoms. The zero-order valence-electron chi connectivity index (χ0n) is 11.1. The van der Waals surface area contributed by atoms with Crippen LogP contribution in [0.25, 0.3) is 0 Å². The molecule has 1 N–H and O–H groups in total. The van der Waals surface area contributed by atoms with E-state index >= 15 is 0 Å². The summed E-state index contributed by atoms with van der Waals surface area (Å²) in [6, 6.07) is 6.30. The molecule has 0 radical (unpaired) electrons. The van der Waals surface area contributed by atoms with Crippen LogP contribution in [0.1, 0.15) is 12.5 Å². The van der Waals surface area contributed by atoms with E-state index in [1.165, 1.54) is 23.0 Å². The van der Waals surface area contributed by atoms with Gasteiger partial charge < -0.3 is 5.32 Å². The summed E-state index contributed by atoms with van der Waals surface area (Å²) in [5.74, 6) is -0.253. The van der Waals surface area contributed by atoms with Crippen molar-refractivity contribution >= 4 is 17.3 Å². The van der Waals surface area contributed by atoms with Crippen LogP contribution in [0.2, 0.25) is 5.02 Å². The Labute approximate surface area is 121 Å². The first-order valence-corrected chi connectivity index (χ1v) is 6.73. The van der Waals surface area contributed by atoms with Gasteiger partial charge in [-0.15, -0.1) is 0 Å². The number of rotatable bonds is 5. The van der Waals surface area contributed by atoms with Gasteiger partial charge in [-0.05, 0) is 31.0 Å². The molecule has 0 saturated heterocycles. The van der Waals surface area contributed by atoms with Crippen LogP contribution in [-0.2, 0) is 13.0 Å². The van der Waals surface area contributed by atoms with E-state index < -0.39 is 0 Å². The topological polar surface area (TPSA) is 46.9 Å². The summed E-state index contributed by atoms with van der Waals surface area (Å²) in [5.41, 5.74) is 1.22. The van der Waals surface area contributed by atoms with Crippen LogP contribution in [0.3, 0.4) is 0 Å². The fraction of sp³-hybridized carbons (Fsp3) is 0.286. The highest BCUT2D eigenvalue weighted by atomic mass is 35.5. The van der Waals surface area contributed by atoms with Crippen molar-refractivity contribution in [1.29, 1.82) is 0 Å². The van der Waals surface area contributed by atoms with Crippen LogP contribution in [-0.4, -0.2) is 16.3 Å². The van der Waals surface area contributed by atoms with E-state index in [0.717, 1.165) is 5.56 Å². The molecule has 106 valence electrons. The van der Waals surface area contributed by atoms with Gasteiger partial charge in [-0.3, -0.25) is 4.79 Å². The summed E-state index contributed by atoms with van der Waals surface area (Å²) >= 11 is 5.99. The summed E-state index contributed by atoms with van der Waals surface area (Å²) in [4.78, 5) is 11.8. The number of halogens is 2. The smallest absolute Gasteiger partial charge is 0.287 e. The number of aryl methyl sites for hydroxylation is 1. The Kier molecular flexibility index (Phi) is 4.74. The summed E-state index contributed by atoms with van der Waals surface area (Å²) in [6.07, 6.45) is 2.24. The molecule has 1 aromatic heterocycles. The molecule has 0 bridgehead atoms. The molecule has 0 unspecified atom stereocenters. The first kappa shape index (κ1) is 14.5. The second-order valence-electron chi connectivity index (χ2n) is 4.30. The zero-order chi connectivity index (χ0) is 14.5. The highest BCUT2D eigenvalue weighted by Crippen LogP contribution is 2.15. The predicted octanol–water partition coefficient (Wildman–Crippen LogP) is 2.71. The summed E-state index contributed by atoms with van der Waals surface area (Å²) in [5, 5.41) is 7.21. The average molecular weight is 296 g/mol. The van der Waals surface area contributed by atoms with Crippen LogP contribution in [0.15, 0.2) is 35.3 Å². The van der Waals surface area contributed by atoms with E-state index in [1.807, 2.05) is 6.92 Å². The van der Waals surface area contributed by atoms with Gasteiger partial charge in [0.05, 0.1) is 11.9 Å². The molecule has 0 spiro atoms. The van der Waals surface area contributed by atoms with Gasteiger partial charge in [0.2, 0.25) is 0 Å². The lowest BCUT2D eigenvalue weighted by Gasteiger charge is -2.09. The molecule has 0 aliphatic rings. The van der Waals surface area contributed by atoms with Crippen LogP contribution in [0, 0.1) is 5.82 Å². The lowest BCUT2D eigenvalue weighted by Crippen LogP contribution is -2.23. The normalized spacial score (nSPS) is 10.6. The zero-order valence-corrected chi connectivity index (χ0v) is 11.8. The van der Waals surface area contributed by atoms with Crippen molar-refractivity contribution in [3.63, 3.8) is 0 Å². The van der Waals surface area contributed by atoms with E-state index in [0.29, 0.717) is 25.2 Å². The maximum atomic E-state index is 12.8. The lowest BCUT2D eigenvalue weighted by atomic mass is 10.1. The van der Waals surface area contributed by atoms with E-state index in [9.17, 15) is 9.18 Å². The molecule has 20 heavy (non-hydrogen) atoms. The van der Waals surface area contributed by atoms with Crippen LogP contribution in [0.4, 0.5) is 10.1 Å². The number of hydrogen-bond donors (Lipinski definition) is 1. The largest absolute Gasteiger partial charge is 0.382 e. The van der Waals surface area contributed by atoms with Crippen molar-refractivity contribution in [3.8, 4) is 0 Å². The molecule has 2 aromatic rings. The highest BCUT2D eigenvalue weighted by Gasteiger charge is 2.07. The molecular weight excluding hydrogens is 281 g/mol. The Bertz CT molecular complexity index is 640. The van der Waals surface area contributed by atoms with Gasteiger partial charge in [-0.2, -0.15) is 5.10 Å². The Balaban J connectivity index is 1.99. The van der Waals surface area contributed by atoms with Gasteiger partial charge in [0.15, 0.2) is 0 Å². The summed E-state index contributed by atoms with van der Waals surface area (Å²) < 4.78 is 14.1. The van der Waals surface area contributed by atoms with Crippen molar-refractivity contribution in [2.75, 3.05) is 11.9 Å². The maximum absolute atomic E-state index is 12.8. The quantitative estimate of drug-likeness (QED) is 0.922. The second-order valence-corrected chi connectivity index (χ2v) is 4.67. The first-order chi connectivity index (χ1) is 9.61.